The van der Waals surface area contributed by atoms with E-state index in [0.29, 0.717) is 13.0 Å². The minimum absolute atomic E-state index is 0.240. The average molecular weight is 524 g/mol. The van der Waals surface area contributed by atoms with Crippen LogP contribution in [-0.2, 0) is 19.5 Å². The van der Waals surface area contributed by atoms with E-state index in [-0.39, 0.29) is 24.2 Å². The van der Waals surface area contributed by atoms with Crippen molar-refractivity contribution in [3.8, 4) is 11.5 Å². The Morgan fingerprint density at radius 1 is 0.923 bits per heavy atom. The van der Waals surface area contributed by atoms with Crippen molar-refractivity contribution in [2.24, 2.45) is 0 Å². The van der Waals surface area contributed by atoms with Crippen molar-refractivity contribution in [1.29, 1.82) is 0 Å². The third-order valence-electron chi connectivity index (χ3n) is 7.11. The zero-order valence-corrected chi connectivity index (χ0v) is 21.4. The Morgan fingerprint density at radius 2 is 1.62 bits per heavy atom. The monoisotopic (exact) mass is 523 g/mol. The summed E-state index contributed by atoms with van der Waals surface area (Å²) in [6.07, 6.45) is 2.66. The van der Waals surface area contributed by atoms with Crippen LogP contribution in [0.2, 0.25) is 0 Å². The molecule has 1 aliphatic rings. The predicted molar refractivity (Wildman–Crippen MR) is 145 cm³/mol. The van der Waals surface area contributed by atoms with Crippen molar-refractivity contribution in [2.45, 2.75) is 32.5 Å². The summed E-state index contributed by atoms with van der Waals surface area (Å²) in [7, 11) is 0. The Balaban J connectivity index is 1.48. The minimum Gasteiger partial charge on any atom is -0.334 e. The summed E-state index contributed by atoms with van der Waals surface area (Å²) < 4.78 is 31.3. The minimum atomic E-state index is -0.491. The van der Waals surface area contributed by atoms with E-state index in [1.807, 2.05) is 53.3 Å². The number of urea groups is 1. The molecule has 1 atom stereocenters. The molecule has 0 bridgehead atoms. The van der Waals surface area contributed by atoms with Crippen molar-refractivity contribution >= 4 is 6.03 Å². The van der Waals surface area contributed by atoms with Crippen LogP contribution < -0.4 is 5.32 Å². The van der Waals surface area contributed by atoms with E-state index >= 15 is 0 Å². The second-order valence-corrected chi connectivity index (χ2v) is 9.52. The molecule has 1 aliphatic heterocycles. The largest absolute Gasteiger partial charge is 0.334 e. The smallest absolute Gasteiger partial charge is 0.318 e. The van der Waals surface area contributed by atoms with Crippen LogP contribution in [0.1, 0.15) is 41.0 Å². The molecule has 39 heavy (non-hydrogen) atoms. The van der Waals surface area contributed by atoms with Gasteiger partial charge < -0.3 is 14.8 Å². The van der Waals surface area contributed by atoms with E-state index in [1.54, 1.807) is 29.2 Å². The van der Waals surface area contributed by atoms with Gasteiger partial charge in [0, 0.05) is 18.3 Å². The van der Waals surface area contributed by atoms with Gasteiger partial charge in [0.25, 0.3) is 0 Å². The lowest BCUT2D eigenvalue weighted by atomic mass is 10.0. The molecule has 0 saturated heterocycles. The Labute approximate surface area is 225 Å². The highest BCUT2D eigenvalue weighted by Crippen LogP contribution is 2.38. The van der Waals surface area contributed by atoms with Crippen molar-refractivity contribution in [3.63, 3.8) is 0 Å². The molecular weight excluding hydrogens is 496 g/mol. The van der Waals surface area contributed by atoms with Crippen LogP contribution in [0.4, 0.5) is 13.6 Å². The molecule has 6 nitrogen and oxygen atoms in total. The number of nitrogens with one attached hydrogen (secondary N) is 1. The zero-order valence-electron chi connectivity index (χ0n) is 21.4. The van der Waals surface area contributed by atoms with Crippen LogP contribution in [0.25, 0.3) is 11.5 Å². The molecule has 8 heteroatoms. The summed E-state index contributed by atoms with van der Waals surface area (Å²) in [5.74, 6) is 0.204. The lowest BCUT2D eigenvalue weighted by molar-refractivity contribution is 0.180. The number of hydrogen-bond acceptors (Lipinski definition) is 2. The number of para-hydroxylation sites is 1. The fourth-order valence-electron chi connectivity index (χ4n) is 5.23. The molecule has 1 N–H and O–H groups in total. The number of carbonyl (C=O) groups is 1. The molecular formula is C31H27F2N5O. The van der Waals surface area contributed by atoms with Crippen LogP contribution in [0, 0.1) is 11.6 Å². The van der Waals surface area contributed by atoms with Gasteiger partial charge in [-0.3, -0.25) is 0 Å². The number of amides is 2. The first-order valence-electron chi connectivity index (χ1n) is 12.9. The van der Waals surface area contributed by atoms with Gasteiger partial charge in [-0.15, -0.1) is 0 Å². The van der Waals surface area contributed by atoms with Gasteiger partial charge in [-0.1, -0.05) is 49.4 Å². The van der Waals surface area contributed by atoms with E-state index in [4.69, 9.17) is 5.10 Å². The fraction of sp³-hybridized carbons (Fsp3) is 0.161. The molecule has 3 aromatic carbocycles. The first-order valence-corrected chi connectivity index (χ1v) is 12.9. The van der Waals surface area contributed by atoms with Gasteiger partial charge in [-0.2, -0.15) is 5.10 Å². The number of benzene rings is 3. The number of halogens is 2. The molecule has 2 aromatic heterocycles. The van der Waals surface area contributed by atoms with Crippen LogP contribution in [0.5, 0.6) is 0 Å². The van der Waals surface area contributed by atoms with Gasteiger partial charge in [0.15, 0.2) is 0 Å². The van der Waals surface area contributed by atoms with Gasteiger partial charge in [-0.05, 0) is 66.1 Å². The third kappa shape index (κ3) is 4.58. The number of rotatable bonds is 5. The molecule has 196 valence electrons. The van der Waals surface area contributed by atoms with Gasteiger partial charge in [0.2, 0.25) is 0 Å². The SMILES string of the molecule is CCc1nn(-c2ccccc2)c2c1CN(C(=O)NCc1ccc(F)cc1)[C@H](c1ccc(F)cc1)c1cccn1-2. The molecule has 0 saturated carbocycles. The molecule has 0 radical (unpaired) electrons. The van der Waals surface area contributed by atoms with Crippen molar-refractivity contribution < 1.29 is 13.6 Å². The number of carbonyl (C=O) groups excluding carboxylic acids is 1. The highest BCUT2D eigenvalue weighted by molar-refractivity contribution is 5.76. The standard InChI is InChI=1S/C31H27F2N5O/c1-2-27-26-20-37(31(39)34-19-21-10-14-23(32)15-11-21)29(22-12-16-24(33)17-13-22)28-9-6-18-36(28)30(26)38(35-27)25-7-4-3-5-8-25/h3-18,29H,2,19-20H2,1H3,(H,34,39)/t29-/m1/s1. The molecule has 0 spiro atoms. The highest BCUT2D eigenvalue weighted by atomic mass is 19.1. The molecule has 0 fully saturated rings. The van der Waals surface area contributed by atoms with Crippen LogP contribution in [0.3, 0.4) is 0 Å². The Hall–Kier alpha value is -4.72. The normalized spacial score (nSPS) is 14.4. The Morgan fingerprint density at radius 3 is 2.31 bits per heavy atom. The third-order valence-corrected chi connectivity index (χ3v) is 7.11. The number of hydrogen-bond donors (Lipinski definition) is 1. The number of aromatic nitrogens is 3. The zero-order chi connectivity index (χ0) is 26.9. The highest BCUT2D eigenvalue weighted by Gasteiger charge is 2.36. The van der Waals surface area contributed by atoms with Gasteiger partial charge in [-0.25, -0.2) is 18.3 Å². The second kappa shape index (κ2) is 10.2. The second-order valence-electron chi connectivity index (χ2n) is 9.52. The maximum Gasteiger partial charge on any atom is 0.318 e. The predicted octanol–water partition coefficient (Wildman–Crippen LogP) is 6.32. The van der Waals surface area contributed by atoms with E-state index < -0.39 is 6.04 Å². The van der Waals surface area contributed by atoms with Gasteiger partial charge in [0.05, 0.1) is 29.7 Å². The lowest BCUT2D eigenvalue weighted by Crippen LogP contribution is -2.41. The summed E-state index contributed by atoms with van der Waals surface area (Å²) in [5, 5.41) is 7.97. The molecule has 0 unspecified atom stereocenters. The molecule has 0 aliphatic carbocycles. The lowest BCUT2D eigenvalue weighted by Gasteiger charge is -2.31. The van der Waals surface area contributed by atoms with Crippen molar-refractivity contribution in [2.75, 3.05) is 0 Å². The van der Waals surface area contributed by atoms with E-state index in [0.717, 1.165) is 39.6 Å². The van der Waals surface area contributed by atoms with E-state index in [2.05, 4.69) is 16.8 Å². The summed E-state index contributed by atoms with van der Waals surface area (Å²) in [4.78, 5) is 15.7. The Bertz CT molecular complexity index is 1610. The number of fused-ring (bicyclic) bond motifs is 3. The first-order chi connectivity index (χ1) is 19.0. The van der Waals surface area contributed by atoms with Gasteiger partial charge in [0.1, 0.15) is 17.5 Å². The Kier molecular flexibility index (Phi) is 6.44. The number of nitrogens with zero attached hydrogens (tertiary/aromatic N) is 4. The molecule has 5 aromatic rings. The summed E-state index contributed by atoms with van der Waals surface area (Å²) >= 11 is 0. The van der Waals surface area contributed by atoms with Gasteiger partial charge >= 0.3 is 6.03 Å². The summed E-state index contributed by atoms with van der Waals surface area (Å²) in [6.45, 7) is 2.59. The van der Waals surface area contributed by atoms with E-state index in [1.165, 1.54) is 24.3 Å². The van der Waals surface area contributed by atoms with Crippen molar-refractivity contribution in [3.05, 3.63) is 137 Å². The first kappa shape index (κ1) is 24.6. The maximum absolute atomic E-state index is 13.9. The average Bonchev–Trinajstić information content (AvgIpc) is 3.55. The quantitative estimate of drug-likeness (QED) is 0.293. The fourth-order valence-corrected chi connectivity index (χ4v) is 5.23. The van der Waals surface area contributed by atoms with E-state index in [9.17, 15) is 13.6 Å². The topological polar surface area (TPSA) is 55.1 Å². The molecule has 2 amide bonds. The summed E-state index contributed by atoms with van der Waals surface area (Å²) in [5.41, 5.74) is 5.19. The number of aryl methyl sites for hydroxylation is 1. The molecule has 6 rings (SSSR count). The van der Waals surface area contributed by atoms with Crippen LogP contribution >= 0.6 is 0 Å². The molecule has 3 heterocycles. The summed E-state index contributed by atoms with van der Waals surface area (Å²) in [6, 6.07) is 25.4. The van der Waals surface area contributed by atoms with Crippen molar-refractivity contribution in [1.82, 2.24) is 24.6 Å². The van der Waals surface area contributed by atoms with Crippen LogP contribution in [0.15, 0.2) is 97.2 Å². The maximum atomic E-state index is 13.9. The van der Waals surface area contributed by atoms with Crippen LogP contribution in [-0.4, -0.2) is 25.3 Å².